The molecule has 0 saturated carbocycles. The molecule has 2 atom stereocenters. The third-order valence-electron chi connectivity index (χ3n) is 3.98. The van der Waals surface area contributed by atoms with Crippen molar-refractivity contribution in [2.75, 3.05) is 19.3 Å². The summed E-state index contributed by atoms with van der Waals surface area (Å²) < 4.78 is 0. The molecule has 3 rings (SSSR count). The first-order valence-electron chi connectivity index (χ1n) is 7.40. The van der Waals surface area contributed by atoms with Crippen molar-refractivity contribution in [1.82, 2.24) is 25.1 Å². The standard InChI is InChI=1S/C15H21N5OS/c1-10-3-13(19-18-10)4-12-8-20(9-14(12)21)7-11-5-16-15(22-2)17-6-11/h3,5-6,12,14,21H,4,7-9H2,1-2H3,(H,18,19)/t12-,14+/m1/s1. The van der Waals surface area contributed by atoms with E-state index in [2.05, 4.69) is 25.1 Å². The van der Waals surface area contributed by atoms with Crippen molar-refractivity contribution in [3.05, 3.63) is 35.4 Å². The Morgan fingerprint density at radius 1 is 1.36 bits per heavy atom. The summed E-state index contributed by atoms with van der Waals surface area (Å²) in [6.45, 7) is 4.34. The zero-order valence-corrected chi connectivity index (χ0v) is 13.7. The lowest BCUT2D eigenvalue weighted by atomic mass is 10.0. The summed E-state index contributed by atoms with van der Waals surface area (Å²) >= 11 is 1.54. The average Bonchev–Trinajstić information content (AvgIpc) is 3.06. The number of aliphatic hydroxyl groups is 1. The minimum absolute atomic E-state index is 0.231. The van der Waals surface area contributed by atoms with Crippen molar-refractivity contribution in [2.45, 2.75) is 31.1 Å². The van der Waals surface area contributed by atoms with E-state index < -0.39 is 0 Å². The van der Waals surface area contributed by atoms with Gasteiger partial charge in [-0.1, -0.05) is 11.8 Å². The van der Waals surface area contributed by atoms with E-state index >= 15 is 0 Å². The van der Waals surface area contributed by atoms with E-state index in [1.165, 1.54) is 11.8 Å². The fourth-order valence-corrected chi connectivity index (χ4v) is 3.22. The molecule has 1 fully saturated rings. The molecule has 22 heavy (non-hydrogen) atoms. The molecular weight excluding hydrogens is 298 g/mol. The molecule has 0 aromatic carbocycles. The lowest BCUT2D eigenvalue weighted by Crippen LogP contribution is -2.21. The Labute approximate surface area is 134 Å². The number of β-amino-alcohol motifs (C(OH)–C–C–N with tert-alkyl or cyclic N) is 1. The SMILES string of the molecule is CSc1ncc(CN2C[C@@H](Cc3cc(C)[nH]n3)[C@@H](O)C2)cn1. The number of rotatable bonds is 5. The van der Waals surface area contributed by atoms with Crippen LogP contribution in [0.15, 0.2) is 23.6 Å². The van der Waals surface area contributed by atoms with Gasteiger partial charge in [-0.05, 0) is 25.7 Å². The molecule has 1 saturated heterocycles. The minimum Gasteiger partial charge on any atom is -0.391 e. The summed E-state index contributed by atoms with van der Waals surface area (Å²) in [5.74, 6) is 0.231. The largest absolute Gasteiger partial charge is 0.391 e. The molecule has 2 aromatic rings. The van der Waals surface area contributed by atoms with Gasteiger partial charge < -0.3 is 5.11 Å². The average molecular weight is 319 g/mol. The topological polar surface area (TPSA) is 77.9 Å². The molecule has 2 N–H and O–H groups in total. The quantitative estimate of drug-likeness (QED) is 0.638. The van der Waals surface area contributed by atoms with Gasteiger partial charge in [0.25, 0.3) is 0 Å². The van der Waals surface area contributed by atoms with Crippen molar-refractivity contribution in [3.8, 4) is 0 Å². The maximum Gasteiger partial charge on any atom is 0.187 e. The van der Waals surface area contributed by atoms with Crippen LogP contribution in [0, 0.1) is 12.8 Å². The predicted molar refractivity (Wildman–Crippen MR) is 85.6 cm³/mol. The summed E-state index contributed by atoms with van der Waals surface area (Å²) in [6.07, 6.45) is 6.21. The highest BCUT2D eigenvalue weighted by Crippen LogP contribution is 2.22. The molecule has 1 aliphatic heterocycles. The molecule has 1 aliphatic rings. The molecule has 0 radical (unpaired) electrons. The second-order valence-electron chi connectivity index (χ2n) is 5.85. The van der Waals surface area contributed by atoms with Crippen LogP contribution in [0.2, 0.25) is 0 Å². The Morgan fingerprint density at radius 3 is 2.77 bits per heavy atom. The highest BCUT2D eigenvalue weighted by molar-refractivity contribution is 7.98. The van der Waals surface area contributed by atoms with Gasteiger partial charge in [-0.2, -0.15) is 5.10 Å². The number of aromatic amines is 1. The molecule has 118 valence electrons. The normalized spacial score (nSPS) is 22.3. The first kappa shape index (κ1) is 15.5. The number of hydrogen-bond acceptors (Lipinski definition) is 6. The van der Waals surface area contributed by atoms with Gasteiger partial charge in [0.15, 0.2) is 5.16 Å². The number of aryl methyl sites for hydroxylation is 1. The number of thioether (sulfide) groups is 1. The van der Waals surface area contributed by atoms with E-state index in [0.717, 1.165) is 41.6 Å². The molecule has 7 heteroatoms. The zero-order valence-electron chi connectivity index (χ0n) is 12.9. The number of nitrogens with zero attached hydrogens (tertiary/aromatic N) is 4. The van der Waals surface area contributed by atoms with E-state index in [0.29, 0.717) is 6.54 Å². The lowest BCUT2D eigenvalue weighted by molar-refractivity contribution is 0.140. The summed E-state index contributed by atoms with van der Waals surface area (Å²) in [7, 11) is 0. The van der Waals surface area contributed by atoms with Crippen LogP contribution < -0.4 is 0 Å². The van der Waals surface area contributed by atoms with Crippen LogP contribution in [0.3, 0.4) is 0 Å². The van der Waals surface area contributed by atoms with E-state index in [1.54, 1.807) is 0 Å². The van der Waals surface area contributed by atoms with E-state index in [-0.39, 0.29) is 12.0 Å². The van der Waals surface area contributed by atoms with Gasteiger partial charge in [0, 0.05) is 49.2 Å². The maximum atomic E-state index is 10.3. The second kappa shape index (κ2) is 6.76. The third-order valence-corrected chi connectivity index (χ3v) is 4.56. The van der Waals surface area contributed by atoms with Gasteiger partial charge in [0.05, 0.1) is 11.8 Å². The molecule has 0 bridgehead atoms. The van der Waals surface area contributed by atoms with Gasteiger partial charge >= 0.3 is 0 Å². The van der Waals surface area contributed by atoms with Crippen LogP contribution in [0.1, 0.15) is 17.0 Å². The van der Waals surface area contributed by atoms with E-state index in [9.17, 15) is 5.11 Å². The first-order chi connectivity index (χ1) is 10.6. The van der Waals surface area contributed by atoms with Crippen LogP contribution in [-0.4, -0.2) is 55.6 Å². The number of hydrogen-bond donors (Lipinski definition) is 2. The molecule has 0 unspecified atom stereocenters. The zero-order chi connectivity index (χ0) is 15.5. The molecular formula is C15H21N5OS. The Balaban J connectivity index is 1.57. The third kappa shape index (κ3) is 3.66. The van der Waals surface area contributed by atoms with Gasteiger partial charge in [-0.3, -0.25) is 10.00 Å². The van der Waals surface area contributed by atoms with Crippen molar-refractivity contribution in [2.24, 2.45) is 5.92 Å². The van der Waals surface area contributed by atoms with Crippen molar-refractivity contribution >= 4 is 11.8 Å². The minimum atomic E-state index is -0.302. The predicted octanol–water partition coefficient (Wildman–Crippen LogP) is 1.27. The van der Waals surface area contributed by atoms with Gasteiger partial charge in [-0.25, -0.2) is 9.97 Å². The van der Waals surface area contributed by atoms with Crippen LogP contribution in [0.4, 0.5) is 0 Å². The molecule has 6 nitrogen and oxygen atoms in total. The fourth-order valence-electron chi connectivity index (χ4n) is 2.91. The van der Waals surface area contributed by atoms with Gasteiger partial charge in [0.2, 0.25) is 0 Å². The Hall–Kier alpha value is -1.44. The summed E-state index contributed by atoms with van der Waals surface area (Å²) in [5, 5.41) is 18.3. The smallest absolute Gasteiger partial charge is 0.187 e. The summed E-state index contributed by atoms with van der Waals surface area (Å²) in [5.41, 5.74) is 3.17. The number of aromatic nitrogens is 4. The van der Waals surface area contributed by atoms with Gasteiger partial charge in [0.1, 0.15) is 0 Å². The Bertz CT molecular complexity index is 615. The van der Waals surface area contributed by atoms with E-state index in [4.69, 9.17) is 0 Å². The fraction of sp³-hybridized carbons (Fsp3) is 0.533. The molecule has 2 aromatic heterocycles. The summed E-state index contributed by atoms with van der Waals surface area (Å²) in [6, 6.07) is 2.05. The Morgan fingerprint density at radius 2 is 2.14 bits per heavy atom. The number of nitrogens with one attached hydrogen (secondary N) is 1. The first-order valence-corrected chi connectivity index (χ1v) is 8.62. The molecule has 3 heterocycles. The monoisotopic (exact) mass is 319 g/mol. The Kier molecular flexibility index (Phi) is 4.75. The maximum absolute atomic E-state index is 10.3. The van der Waals surface area contributed by atoms with Crippen LogP contribution >= 0.6 is 11.8 Å². The highest BCUT2D eigenvalue weighted by Gasteiger charge is 2.31. The second-order valence-corrected chi connectivity index (χ2v) is 6.62. The molecule has 0 amide bonds. The van der Waals surface area contributed by atoms with Crippen molar-refractivity contribution < 1.29 is 5.11 Å². The van der Waals surface area contributed by atoms with Crippen LogP contribution in [-0.2, 0) is 13.0 Å². The van der Waals surface area contributed by atoms with Crippen LogP contribution in [0.5, 0.6) is 0 Å². The lowest BCUT2D eigenvalue weighted by Gasteiger charge is -2.15. The van der Waals surface area contributed by atoms with Crippen LogP contribution in [0.25, 0.3) is 0 Å². The molecule has 0 aliphatic carbocycles. The van der Waals surface area contributed by atoms with Crippen molar-refractivity contribution in [1.29, 1.82) is 0 Å². The number of likely N-dealkylation sites (tertiary alicyclic amines) is 1. The number of aliphatic hydroxyl groups excluding tert-OH is 1. The van der Waals surface area contributed by atoms with Crippen molar-refractivity contribution in [3.63, 3.8) is 0 Å². The van der Waals surface area contributed by atoms with E-state index in [1.807, 2.05) is 31.6 Å². The van der Waals surface area contributed by atoms with Gasteiger partial charge in [-0.15, -0.1) is 0 Å². The summed E-state index contributed by atoms with van der Waals surface area (Å²) in [4.78, 5) is 10.8. The number of H-pyrrole nitrogens is 1. The highest BCUT2D eigenvalue weighted by atomic mass is 32.2. The molecule has 0 spiro atoms.